The van der Waals surface area contributed by atoms with Gasteiger partial charge in [-0.3, -0.25) is 5.41 Å². The molecule has 0 spiro atoms. The topological polar surface area (TPSA) is 151 Å². The third-order valence-electron chi connectivity index (χ3n) is 4.46. The van der Waals surface area contributed by atoms with E-state index in [2.05, 4.69) is 0 Å². The summed E-state index contributed by atoms with van der Waals surface area (Å²) in [7, 11) is -9.05. The number of hydrogen-bond donors (Lipinski definition) is 1. The van der Waals surface area contributed by atoms with Gasteiger partial charge in [0.2, 0.25) is 0 Å². The number of hydrogen-bond acceptors (Lipinski definition) is 9. The van der Waals surface area contributed by atoms with Gasteiger partial charge in [0.1, 0.15) is 0 Å². The molecular formula is C23H29N3O8S2. The number of nitrogens with zero attached hydrogens (tertiary/aromatic N) is 2. The lowest BCUT2D eigenvalue weighted by Crippen LogP contribution is -2.57. The van der Waals surface area contributed by atoms with Crippen molar-refractivity contribution in [1.82, 2.24) is 9.42 Å². The molecule has 2 rings (SSSR count). The van der Waals surface area contributed by atoms with E-state index in [1.807, 2.05) is 0 Å². The summed E-state index contributed by atoms with van der Waals surface area (Å²) in [4.78, 5) is 25.8. The summed E-state index contributed by atoms with van der Waals surface area (Å²) in [5.74, 6) is -1.05. The van der Waals surface area contributed by atoms with E-state index >= 15 is 0 Å². The molecule has 0 aromatic heterocycles. The minimum Gasteiger partial charge on any atom is -0.445 e. The monoisotopic (exact) mass is 539 g/mol. The smallest absolute Gasteiger partial charge is 0.444 e. The summed E-state index contributed by atoms with van der Waals surface area (Å²) < 4.78 is 62.9. The summed E-state index contributed by atoms with van der Waals surface area (Å²) in [6.07, 6.45) is -3.94. The molecule has 0 aliphatic rings. The molecule has 1 unspecified atom stereocenters. The van der Waals surface area contributed by atoms with Crippen molar-refractivity contribution >= 4 is 37.9 Å². The van der Waals surface area contributed by atoms with Gasteiger partial charge in [0, 0.05) is 0 Å². The number of amidine groups is 1. The Kier molecular flexibility index (Phi) is 9.21. The lowest BCUT2D eigenvalue weighted by Gasteiger charge is -2.34. The fourth-order valence-corrected chi connectivity index (χ4v) is 5.59. The Balaban J connectivity index is 2.82. The van der Waals surface area contributed by atoms with Gasteiger partial charge in [-0.2, -0.15) is 5.01 Å². The van der Waals surface area contributed by atoms with Crippen LogP contribution in [0.3, 0.4) is 0 Å². The highest BCUT2D eigenvalue weighted by Gasteiger charge is 2.46. The number of sulfone groups is 1. The maximum atomic E-state index is 13.7. The Hall–Kier alpha value is -3.45. The lowest BCUT2D eigenvalue weighted by atomic mass is 10.1. The first-order valence-electron chi connectivity index (χ1n) is 10.8. The molecule has 1 N–H and O–H groups in total. The second-order valence-corrected chi connectivity index (χ2v) is 12.1. The normalized spacial score (nSPS) is 12.6. The quantitative estimate of drug-likeness (QED) is 0.317. The maximum Gasteiger partial charge on any atom is 0.444 e. The van der Waals surface area contributed by atoms with Crippen LogP contribution >= 0.6 is 0 Å². The van der Waals surface area contributed by atoms with Crippen LogP contribution in [0.1, 0.15) is 38.5 Å². The maximum absolute atomic E-state index is 13.7. The third-order valence-corrected chi connectivity index (χ3v) is 7.44. The van der Waals surface area contributed by atoms with Gasteiger partial charge >= 0.3 is 12.2 Å². The second-order valence-electron chi connectivity index (χ2n) is 8.22. The lowest BCUT2D eigenvalue weighted by molar-refractivity contribution is 0.0322. The van der Waals surface area contributed by atoms with Crippen LogP contribution < -0.4 is 0 Å². The third kappa shape index (κ3) is 6.82. The number of carbonyl (C=O) groups excluding carboxylic acids is 2. The summed E-state index contributed by atoms with van der Waals surface area (Å²) in [6, 6.07) is 14.6. The van der Waals surface area contributed by atoms with Crippen LogP contribution in [0, 0.1) is 5.41 Å². The van der Waals surface area contributed by atoms with Gasteiger partial charge in [-0.1, -0.05) is 52.9 Å². The zero-order valence-corrected chi connectivity index (χ0v) is 22.1. The predicted molar refractivity (Wildman–Crippen MR) is 132 cm³/mol. The van der Waals surface area contributed by atoms with Gasteiger partial charge in [-0.15, -0.1) is 0 Å². The van der Waals surface area contributed by atoms with Crippen molar-refractivity contribution in [2.45, 2.75) is 50.0 Å². The number of benzene rings is 2. The molecule has 11 nitrogen and oxygen atoms in total. The Morgan fingerprint density at radius 2 is 1.22 bits per heavy atom. The van der Waals surface area contributed by atoms with E-state index < -0.39 is 55.3 Å². The van der Waals surface area contributed by atoms with E-state index in [9.17, 15) is 26.4 Å². The first-order valence-corrected chi connectivity index (χ1v) is 14.2. The minimum atomic E-state index is -4.61. The predicted octanol–water partition coefficient (Wildman–Crippen LogP) is 3.75. The zero-order chi connectivity index (χ0) is 27.3. The molecule has 0 aliphatic carbocycles. The fraction of sp³-hybridized carbons (Fsp3) is 0.348. The molecule has 13 heteroatoms. The van der Waals surface area contributed by atoms with E-state index in [0.29, 0.717) is 6.26 Å². The fourth-order valence-electron chi connectivity index (χ4n) is 3.10. The second kappa shape index (κ2) is 11.5. The Bertz CT molecular complexity index is 1300. The van der Waals surface area contributed by atoms with Crippen LogP contribution in [0.5, 0.6) is 0 Å². The molecule has 0 radical (unpaired) electrons. The van der Waals surface area contributed by atoms with Gasteiger partial charge in [0.25, 0.3) is 10.0 Å². The molecule has 0 fully saturated rings. The molecule has 1 atom stereocenters. The van der Waals surface area contributed by atoms with Crippen LogP contribution in [-0.4, -0.2) is 62.7 Å². The highest BCUT2D eigenvalue weighted by Crippen LogP contribution is 2.32. The van der Waals surface area contributed by atoms with Crippen LogP contribution in [0.25, 0.3) is 0 Å². The van der Waals surface area contributed by atoms with Crippen molar-refractivity contribution in [2.75, 3.05) is 6.26 Å². The van der Waals surface area contributed by atoms with Crippen LogP contribution in [-0.2, 0) is 29.3 Å². The number of nitrogens with one attached hydrogen (secondary N) is 1. The van der Waals surface area contributed by atoms with E-state index in [1.54, 1.807) is 12.1 Å². The molecule has 0 aliphatic heterocycles. The van der Waals surface area contributed by atoms with E-state index in [1.165, 1.54) is 76.2 Å². The van der Waals surface area contributed by atoms with Crippen molar-refractivity contribution < 1.29 is 35.9 Å². The number of carbonyl (C=O) groups is 2. The molecule has 36 heavy (non-hydrogen) atoms. The summed E-state index contributed by atoms with van der Waals surface area (Å²) >= 11 is 0. The Labute approximate surface area is 211 Å². The van der Waals surface area contributed by atoms with Crippen molar-refractivity contribution in [1.29, 1.82) is 5.41 Å². The van der Waals surface area contributed by atoms with E-state index in [0.717, 1.165) is 0 Å². The number of sulfonamides is 1. The van der Waals surface area contributed by atoms with Gasteiger partial charge in [-0.25, -0.2) is 26.4 Å². The zero-order valence-electron chi connectivity index (χ0n) is 20.5. The molecule has 196 valence electrons. The summed E-state index contributed by atoms with van der Waals surface area (Å²) in [5.41, 5.74) is 0.0550. The number of hydrazine groups is 1. The largest absolute Gasteiger partial charge is 0.445 e. The van der Waals surface area contributed by atoms with Gasteiger partial charge in [0.05, 0.1) is 23.4 Å². The molecule has 0 saturated carbocycles. The molecule has 2 aromatic carbocycles. The highest BCUT2D eigenvalue weighted by atomic mass is 32.2. The molecule has 0 saturated heterocycles. The molecular weight excluding hydrogens is 510 g/mol. The van der Waals surface area contributed by atoms with Crippen LogP contribution in [0.15, 0.2) is 65.6 Å². The molecule has 2 amide bonds. The first-order chi connectivity index (χ1) is 16.7. The van der Waals surface area contributed by atoms with Crippen molar-refractivity contribution in [3.05, 3.63) is 66.2 Å². The van der Waals surface area contributed by atoms with Crippen LogP contribution in [0.2, 0.25) is 0 Å². The average molecular weight is 540 g/mol. The standard InChI is InChI=1S/C23H29N3O8S2/c1-16(2)33-22(27)25(26(35(5,29)30)23(28)34-17(3)4)21(24)20(18-12-8-6-9-13-18)36(31,32)19-14-10-7-11-15-19/h6-17,20,24H,1-5H3. The van der Waals surface area contributed by atoms with E-state index in [4.69, 9.17) is 14.9 Å². The van der Waals surface area contributed by atoms with Crippen molar-refractivity contribution in [3.63, 3.8) is 0 Å². The minimum absolute atomic E-state index is 0.0550. The van der Waals surface area contributed by atoms with Crippen molar-refractivity contribution in [2.24, 2.45) is 0 Å². The number of amides is 2. The van der Waals surface area contributed by atoms with Gasteiger partial charge < -0.3 is 9.47 Å². The molecule has 0 bridgehead atoms. The van der Waals surface area contributed by atoms with Crippen LogP contribution in [0.4, 0.5) is 9.59 Å². The molecule has 0 heterocycles. The SMILES string of the molecule is CC(C)OC(=O)N(C(=N)C(c1ccccc1)S(=O)(=O)c1ccccc1)N(C(=O)OC(C)C)S(C)(=O)=O. The van der Waals surface area contributed by atoms with E-state index in [-0.39, 0.29) is 19.9 Å². The Morgan fingerprint density at radius 1 is 0.778 bits per heavy atom. The molecule has 2 aromatic rings. The van der Waals surface area contributed by atoms with Crippen molar-refractivity contribution in [3.8, 4) is 0 Å². The summed E-state index contributed by atoms with van der Waals surface area (Å²) in [5, 5.41) is 7.03. The number of ether oxygens (including phenoxy) is 2. The van der Waals surface area contributed by atoms with Gasteiger partial charge in [0.15, 0.2) is 20.9 Å². The number of rotatable bonds is 7. The first kappa shape index (κ1) is 28.8. The summed E-state index contributed by atoms with van der Waals surface area (Å²) in [6.45, 7) is 5.83. The highest BCUT2D eigenvalue weighted by molar-refractivity contribution is 7.92. The average Bonchev–Trinajstić information content (AvgIpc) is 2.76. The Morgan fingerprint density at radius 3 is 1.67 bits per heavy atom. The van der Waals surface area contributed by atoms with Gasteiger partial charge in [-0.05, 0) is 45.4 Å².